The number of rotatable bonds is 4. The molecule has 2 atom stereocenters. The first-order valence-corrected chi connectivity index (χ1v) is 9.31. The highest BCUT2D eigenvalue weighted by Crippen LogP contribution is 2.29. The topological polar surface area (TPSA) is 42.1 Å². The van der Waals surface area contributed by atoms with Crippen LogP contribution in [0.15, 0.2) is 60.0 Å². The molecule has 25 heavy (non-hydrogen) atoms. The number of nitrogens with two attached hydrogens (primary N) is 1. The molecule has 1 aliphatic heterocycles. The minimum Gasteiger partial charge on any atom is -0.326 e. The number of nitrogens with zero attached hydrogens (tertiary/aromatic N) is 2. The van der Waals surface area contributed by atoms with Gasteiger partial charge in [-0.1, -0.05) is 42.5 Å². The molecule has 1 aromatic heterocycles. The second-order valence-corrected chi connectivity index (χ2v) is 7.36. The molecule has 0 saturated carbocycles. The molecule has 2 heterocycles. The molecule has 3 aromatic rings. The van der Waals surface area contributed by atoms with Gasteiger partial charge in [0.2, 0.25) is 0 Å². The van der Waals surface area contributed by atoms with Gasteiger partial charge in [0, 0.05) is 42.5 Å². The Hall–Kier alpha value is -2.08. The zero-order chi connectivity index (χ0) is 17.2. The van der Waals surface area contributed by atoms with Crippen LogP contribution in [0.1, 0.15) is 17.2 Å². The van der Waals surface area contributed by atoms with E-state index in [2.05, 4.69) is 34.1 Å². The Morgan fingerprint density at radius 3 is 2.64 bits per heavy atom. The summed E-state index contributed by atoms with van der Waals surface area (Å²) in [5.41, 5.74) is 9.20. The van der Waals surface area contributed by atoms with E-state index in [0.717, 1.165) is 30.3 Å². The van der Waals surface area contributed by atoms with E-state index in [-0.39, 0.29) is 11.9 Å². The van der Waals surface area contributed by atoms with Crippen molar-refractivity contribution in [2.75, 3.05) is 13.1 Å². The van der Waals surface area contributed by atoms with Gasteiger partial charge in [-0.3, -0.25) is 4.90 Å². The highest BCUT2D eigenvalue weighted by atomic mass is 32.1. The Morgan fingerprint density at radius 1 is 1.08 bits per heavy atom. The average Bonchev–Trinajstić information content (AvgIpc) is 3.23. The van der Waals surface area contributed by atoms with E-state index in [1.54, 1.807) is 12.1 Å². The van der Waals surface area contributed by atoms with Crippen LogP contribution in [0.4, 0.5) is 4.39 Å². The Morgan fingerprint density at radius 2 is 1.84 bits per heavy atom. The van der Waals surface area contributed by atoms with Gasteiger partial charge in [-0.2, -0.15) is 0 Å². The van der Waals surface area contributed by atoms with Gasteiger partial charge in [-0.15, -0.1) is 11.3 Å². The van der Waals surface area contributed by atoms with Gasteiger partial charge < -0.3 is 5.73 Å². The molecule has 4 rings (SSSR count). The second-order valence-electron chi connectivity index (χ2n) is 6.50. The van der Waals surface area contributed by atoms with Crippen molar-refractivity contribution in [3.8, 4) is 10.6 Å². The van der Waals surface area contributed by atoms with E-state index < -0.39 is 0 Å². The third kappa shape index (κ3) is 3.49. The lowest BCUT2D eigenvalue weighted by atomic mass is 9.95. The molecule has 2 N–H and O–H groups in total. The molecule has 3 nitrogen and oxygen atoms in total. The highest BCUT2D eigenvalue weighted by Gasteiger charge is 2.31. The largest absolute Gasteiger partial charge is 0.326 e. The second kappa shape index (κ2) is 7.04. The quantitative estimate of drug-likeness (QED) is 0.774. The van der Waals surface area contributed by atoms with Crippen LogP contribution in [0.25, 0.3) is 10.6 Å². The molecule has 128 valence electrons. The third-order valence-corrected chi connectivity index (χ3v) is 5.63. The molecule has 0 bridgehead atoms. The van der Waals surface area contributed by atoms with Crippen LogP contribution in [-0.4, -0.2) is 29.0 Å². The Bertz CT molecular complexity index is 849. The average molecular weight is 353 g/mol. The smallest absolute Gasteiger partial charge is 0.133 e. The lowest BCUT2D eigenvalue weighted by Crippen LogP contribution is -2.28. The monoisotopic (exact) mass is 353 g/mol. The minimum absolute atomic E-state index is 0.132. The van der Waals surface area contributed by atoms with Gasteiger partial charge in [0.15, 0.2) is 0 Å². The van der Waals surface area contributed by atoms with Gasteiger partial charge >= 0.3 is 0 Å². The standard InChI is InChI=1S/C20H20FN3S/c21-18-9-5-4-8-16(18)20-23-15(13-25-20)10-24-11-17(19(22)12-24)14-6-2-1-3-7-14/h1-9,13,17,19H,10-12,22H2/t17-,19+/m0/s1. The summed E-state index contributed by atoms with van der Waals surface area (Å²) in [6.45, 7) is 2.53. The fourth-order valence-corrected chi connectivity index (χ4v) is 4.30. The Labute approximate surface area is 150 Å². The molecule has 0 unspecified atom stereocenters. The molecule has 0 spiro atoms. The molecule has 0 amide bonds. The predicted octanol–water partition coefficient (Wildman–Crippen LogP) is 3.88. The molecule has 1 saturated heterocycles. The predicted molar refractivity (Wildman–Crippen MR) is 99.9 cm³/mol. The fraction of sp³-hybridized carbons (Fsp3) is 0.250. The summed E-state index contributed by atoms with van der Waals surface area (Å²) in [4.78, 5) is 6.96. The van der Waals surface area contributed by atoms with Gasteiger partial charge in [0.1, 0.15) is 10.8 Å². The summed E-state index contributed by atoms with van der Waals surface area (Å²) < 4.78 is 13.9. The van der Waals surface area contributed by atoms with Gasteiger partial charge in [0.25, 0.3) is 0 Å². The van der Waals surface area contributed by atoms with Crippen LogP contribution in [0.2, 0.25) is 0 Å². The summed E-state index contributed by atoms with van der Waals surface area (Å²) in [5.74, 6) is 0.126. The maximum absolute atomic E-state index is 13.9. The summed E-state index contributed by atoms with van der Waals surface area (Å²) in [6.07, 6.45) is 0. The third-order valence-electron chi connectivity index (χ3n) is 4.71. The molecule has 1 fully saturated rings. The van der Waals surface area contributed by atoms with Crippen molar-refractivity contribution < 1.29 is 4.39 Å². The fourth-order valence-electron chi connectivity index (χ4n) is 3.46. The maximum Gasteiger partial charge on any atom is 0.133 e. The number of aromatic nitrogens is 1. The van der Waals surface area contributed by atoms with Crippen LogP contribution >= 0.6 is 11.3 Å². The van der Waals surface area contributed by atoms with E-state index in [4.69, 9.17) is 5.73 Å². The van der Waals surface area contributed by atoms with Crippen LogP contribution in [0.5, 0.6) is 0 Å². The molecule has 1 aliphatic rings. The van der Waals surface area contributed by atoms with E-state index in [1.165, 1.54) is 23.0 Å². The van der Waals surface area contributed by atoms with Crippen molar-refractivity contribution >= 4 is 11.3 Å². The first-order chi connectivity index (χ1) is 12.2. The Kier molecular flexibility index (Phi) is 4.61. The van der Waals surface area contributed by atoms with Crippen molar-refractivity contribution in [2.24, 2.45) is 5.73 Å². The van der Waals surface area contributed by atoms with Gasteiger partial charge in [-0.25, -0.2) is 9.37 Å². The molecule has 2 aromatic carbocycles. The highest BCUT2D eigenvalue weighted by molar-refractivity contribution is 7.13. The zero-order valence-electron chi connectivity index (χ0n) is 13.8. The zero-order valence-corrected chi connectivity index (χ0v) is 14.6. The number of benzene rings is 2. The summed E-state index contributed by atoms with van der Waals surface area (Å²) in [5, 5.41) is 2.75. The normalized spacial score (nSPS) is 20.9. The van der Waals surface area contributed by atoms with Crippen molar-refractivity contribution in [2.45, 2.75) is 18.5 Å². The number of thiazole rings is 1. The van der Waals surface area contributed by atoms with Crippen molar-refractivity contribution in [3.63, 3.8) is 0 Å². The van der Waals surface area contributed by atoms with Crippen LogP contribution in [-0.2, 0) is 6.54 Å². The van der Waals surface area contributed by atoms with E-state index in [1.807, 2.05) is 17.5 Å². The van der Waals surface area contributed by atoms with Crippen LogP contribution in [0.3, 0.4) is 0 Å². The Balaban J connectivity index is 1.46. The molecular formula is C20H20FN3S. The van der Waals surface area contributed by atoms with Gasteiger partial charge in [0.05, 0.1) is 5.69 Å². The van der Waals surface area contributed by atoms with Crippen LogP contribution < -0.4 is 5.73 Å². The number of likely N-dealkylation sites (tertiary alicyclic amines) is 1. The summed E-state index contributed by atoms with van der Waals surface area (Å²) in [7, 11) is 0. The lowest BCUT2D eigenvalue weighted by molar-refractivity contribution is 0.320. The first kappa shape index (κ1) is 16.4. The van der Waals surface area contributed by atoms with E-state index in [9.17, 15) is 4.39 Å². The molecule has 0 aliphatic carbocycles. The van der Waals surface area contributed by atoms with Crippen molar-refractivity contribution in [1.29, 1.82) is 0 Å². The molecule has 0 radical (unpaired) electrons. The molecular weight excluding hydrogens is 333 g/mol. The summed E-state index contributed by atoms with van der Waals surface area (Å²) >= 11 is 1.49. The number of hydrogen-bond acceptors (Lipinski definition) is 4. The lowest BCUT2D eigenvalue weighted by Gasteiger charge is -2.15. The SMILES string of the molecule is N[C@@H]1CN(Cc2csc(-c3ccccc3F)n2)C[C@H]1c1ccccc1. The van der Waals surface area contributed by atoms with Crippen molar-refractivity contribution in [3.05, 3.63) is 77.1 Å². The van der Waals surface area contributed by atoms with Gasteiger partial charge in [-0.05, 0) is 17.7 Å². The number of halogens is 1. The van der Waals surface area contributed by atoms with E-state index in [0.29, 0.717) is 11.5 Å². The van der Waals surface area contributed by atoms with Crippen molar-refractivity contribution in [1.82, 2.24) is 9.88 Å². The van der Waals surface area contributed by atoms with E-state index >= 15 is 0 Å². The maximum atomic E-state index is 13.9. The van der Waals surface area contributed by atoms with Crippen LogP contribution in [0, 0.1) is 5.82 Å². The minimum atomic E-state index is -0.226. The number of hydrogen-bond donors (Lipinski definition) is 1. The summed E-state index contributed by atoms with van der Waals surface area (Å²) in [6, 6.07) is 17.4. The molecule has 5 heteroatoms. The first-order valence-electron chi connectivity index (χ1n) is 8.43.